The number of hydrogen-bond acceptors (Lipinski definition) is 6. The maximum atomic E-state index is 14.0. The molecule has 0 saturated heterocycles. The Morgan fingerprint density at radius 3 is 2.28 bits per heavy atom. The Bertz CT molecular complexity index is 607. The Morgan fingerprint density at radius 1 is 1.16 bits per heavy atom. The Hall–Kier alpha value is 0.160. The molecule has 2 unspecified atom stereocenters. The van der Waals surface area contributed by atoms with Gasteiger partial charge in [0, 0.05) is 10.6 Å². The van der Waals surface area contributed by atoms with Gasteiger partial charge in [-0.3, -0.25) is 4.57 Å². The van der Waals surface area contributed by atoms with E-state index in [1.54, 1.807) is 35.3 Å². The van der Waals surface area contributed by atoms with Gasteiger partial charge in [0.1, 0.15) is 0 Å². The van der Waals surface area contributed by atoms with E-state index in [9.17, 15) is 4.57 Å². The topological polar surface area (TPSA) is 35.5 Å². The van der Waals surface area contributed by atoms with Crippen LogP contribution in [0.2, 0.25) is 0 Å². The van der Waals surface area contributed by atoms with Gasteiger partial charge in [0.2, 0.25) is 0 Å². The van der Waals surface area contributed by atoms with Crippen molar-refractivity contribution in [2.45, 2.75) is 53.9 Å². The van der Waals surface area contributed by atoms with Crippen LogP contribution in [0.5, 0.6) is 0 Å². The van der Waals surface area contributed by atoms with Gasteiger partial charge in [0.25, 0.3) is 0 Å². The minimum absolute atomic E-state index is 0.00742. The van der Waals surface area contributed by atoms with Gasteiger partial charge in [-0.1, -0.05) is 30.4 Å². The summed E-state index contributed by atoms with van der Waals surface area (Å²) in [4.78, 5) is 1.15. The van der Waals surface area contributed by atoms with E-state index in [1.807, 2.05) is 52.1 Å². The van der Waals surface area contributed by atoms with Crippen molar-refractivity contribution in [3.05, 3.63) is 42.5 Å². The van der Waals surface area contributed by atoms with E-state index in [4.69, 9.17) is 9.05 Å². The van der Waals surface area contributed by atoms with Crippen molar-refractivity contribution in [3.63, 3.8) is 0 Å². The van der Waals surface area contributed by atoms with Gasteiger partial charge in [-0.25, -0.2) is 0 Å². The van der Waals surface area contributed by atoms with Crippen molar-refractivity contribution in [1.29, 1.82) is 0 Å². The molecule has 1 heterocycles. The first-order valence-electron chi connectivity index (χ1n) is 8.37. The Morgan fingerprint density at radius 2 is 1.76 bits per heavy atom. The Balaban J connectivity index is 2.44. The highest BCUT2D eigenvalue weighted by atomic mass is 32.2. The standard InChI is InChI=1S/C18H27O3PS3/c1-14(2)20-22(19,21-15(3)4)18(23-5)17(12-9-13-24-18)25-16-10-7-6-8-11-16/h6-12,14-15,17H,13H2,1-5H3. The normalized spacial score (nSPS) is 24.2. The summed E-state index contributed by atoms with van der Waals surface area (Å²) in [5.41, 5.74) is 0. The maximum absolute atomic E-state index is 14.0. The molecule has 0 fully saturated rings. The maximum Gasteiger partial charge on any atom is 0.358 e. The second kappa shape index (κ2) is 9.38. The van der Waals surface area contributed by atoms with Crippen LogP contribution in [-0.4, -0.2) is 33.3 Å². The number of thioether (sulfide) groups is 3. The van der Waals surface area contributed by atoms with Crippen molar-refractivity contribution in [1.82, 2.24) is 0 Å². The second-order valence-electron chi connectivity index (χ2n) is 6.23. The van der Waals surface area contributed by atoms with E-state index < -0.39 is 11.4 Å². The average Bonchev–Trinajstić information content (AvgIpc) is 2.54. The molecule has 1 aromatic rings. The average molecular weight is 419 g/mol. The van der Waals surface area contributed by atoms with Crippen LogP contribution in [0.3, 0.4) is 0 Å². The van der Waals surface area contributed by atoms with Gasteiger partial charge < -0.3 is 9.05 Å². The van der Waals surface area contributed by atoms with Crippen LogP contribution in [-0.2, 0) is 13.6 Å². The molecule has 3 nitrogen and oxygen atoms in total. The molecule has 1 aliphatic rings. The summed E-state index contributed by atoms with van der Waals surface area (Å²) >= 11 is 4.98. The zero-order valence-electron chi connectivity index (χ0n) is 15.4. The van der Waals surface area contributed by atoms with Gasteiger partial charge in [0.05, 0.1) is 17.5 Å². The van der Waals surface area contributed by atoms with Gasteiger partial charge in [0.15, 0.2) is 3.82 Å². The van der Waals surface area contributed by atoms with Crippen LogP contribution < -0.4 is 0 Å². The molecule has 0 aromatic heterocycles. The molecule has 0 radical (unpaired) electrons. The number of rotatable bonds is 8. The van der Waals surface area contributed by atoms with E-state index >= 15 is 0 Å². The first-order valence-corrected chi connectivity index (χ1v) is 13.0. The molecule has 0 N–H and O–H groups in total. The lowest BCUT2D eigenvalue weighted by atomic mass is 10.4. The summed E-state index contributed by atoms with van der Waals surface area (Å²) in [7, 11) is -3.38. The molecule has 2 rings (SSSR count). The number of benzene rings is 1. The van der Waals surface area contributed by atoms with E-state index in [1.165, 1.54) is 0 Å². The Labute approximate surface area is 164 Å². The fourth-order valence-electron chi connectivity index (χ4n) is 2.56. The van der Waals surface area contributed by atoms with Crippen molar-refractivity contribution in [2.24, 2.45) is 0 Å². The molecule has 140 valence electrons. The Kier molecular flexibility index (Phi) is 8.06. The highest BCUT2D eigenvalue weighted by molar-refractivity contribution is 8.26. The highest BCUT2D eigenvalue weighted by Gasteiger charge is 2.58. The second-order valence-corrected chi connectivity index (χ2v) is 12.7. The monoisotopic (exact) mass is 418 g/mol. The third-order valence-corrected chi connectivity index (χ3v) is 12.7. The molecule has 0 amide bonds. The first kappa shape index (κ1) is 21.5. The van der Waals surface area contributed by atoms with Crippen molar-refractivity contribution >= 4 is 42.9 Å². The fourth-order valence-corrected chi connectivity index (χ4v) is 10.6. The van der Waals surface area contributed by atoms with Gasteiger partial charge in [-0.2, -0.15) is 0 Å². The molecule has 2 atom stereocenters. The smallest absolute Gasteiger partial charge is 0.304 e. The lowest BCUT2D eigenvalue weighted by Crippen LogP contribution is -2.37. The van der Waals surface area contributed by atoms with Gasteiger partial charge in [-0.05, 0) is 46.1 Å². The lowest BCUT2D eigenvalue weighted by Gasteiger charge is -2.44. The first-order chi connectivity index (χ1) is 11.8. The van der Waals surface area contributed by atoms with Crippen molar-refractivity contribution in [3.8, 4) is 0 Å². The van der Waals surface area contributed by atoms with E-state index in [0.29, 0.717) is 0 Å². The third-order valence-electron chi connectivity index (χ3n) is 3.44. The van der Waals surface area contributed by atoms with Crippen LogP contribution >= 0.6 is 42.9 Å². The van der Waals surface area contributed by atoms with E-state index in [2.05, 4.69) is 24.3 Å². The largest absolute Gasteiger partial charge is 0.358 e. The van der Waals surface area contributed by atoms with Crippen LogP contribution in [0.15, 0.2) is 47.4 Å². The highest BCUT2D eigenvalue weighted by Crippen LogP contribution is 2.74. The molecule has 0 spiro atoms. The minimum atomic E-state index is -3.38. The summed E-state index contributed by atoms with van der Waals surface area (Å²) in [6, 6.07) is 10.2. The third kappa shape index (κ3) is 5.12. The molecular weight excluding hydrogens is 391 g/mol. The lowest BCUT2D eigenvalue weighted by molar-refractivity contribution is 0.139. The quantitative estimate of drug-likeness (QED) is 0.354. The SMILES string of the molecule is CSC1(P(=O)(OC(C)C)OC(C)C)SCC=CC1Sc1ccccc1. The van der Waals surface area contributed by atoms with Gasteiger partial charge >= 0.3 is 7.60 Å². The minimum Gasteiger partial charge on any atom is -0.304 e. The van der Waals surface area contributed by atoms with Crippen LogP contribution in [0.4, 0.5) is 0 Å². The summed E-state index contributed by atoms with van der Waals surface area (Å²) in [5.74, 6) is 0.805. The molecule has 0 saturated carbocycles. The molecule has 25 heavy (non-hydrogen) atoms. The molecular formula is C18H27O3PS3. The van der Waals surface area contributed by atoms with E-state index in [0.717, 1.165) is 10.6 Å². The van der Waals surface area contributed by atoms with Gasteiger partial charge in [-0.15, -0.1) is 35.3 Å². The summed E-state index contributed by atoms with van der Waals surface area (Å²) < 4.78 is 25.3. The predicted molar refractivity (Wildman–Crippen MR) is 114 cm³/mol. The summed E-state index contributed by atoms with van der Waals surface area (Å²) in [5, 5.41) is -0.00742. The van der Waals surface area contributed by atoms with Crippen molar-refractivity contribution < 1.29 is 13.6 Å². The van der Waals surface area contributed by atoms with Crippen LogP contribution in [0, 0.1) is 0 Å². The zero-order chi connectivity index (χ0) is 18.5. The predicted octanol–water partition coefficient (Wildman–Crippen LogP) is 6.51. The van der Waals surface area contributed by atoms with Crippen LogP contribution in [0.1, 0.15) is 27.7 Å². The zero-order valence-corrected chi connectivity index (χ0v) is 18.7. The molecule has 0 bridgehead atoms. The summed E-state index contributed by atoms with van der Waals surface area (Å²) in [6.07, 6.45) is 5.98. The molecule has 7 heteroatoms. The number of hydrogen-bond donors (Lipinski definition) is 0. The molecule has 1 aliphatic heterocycles. The van der Waals surface area contributed by atoms with Crippen LogP contribution in [0.25, 0.3) is 0 Å². The van der Waals surface area contributed by atoms with Crippen molar-refractivity contribution in [2.75, 3.05) is 12.0 Å². The van der Waals surface area contributed by atoms with E-state index in [-0.39, 0.29) is 17.5 Å². The molecule has 1 aromatic carbocycles. The summed E-state index contributed by atoms with van der Waals surface area (Å²) in [6.45, 7) is 7.64. The fraction of sp³-hybridized carbons (Fsp3) is 0.556. The molecule has 0 aliphatic carbocycles.